The van der Waals surface area contributed by atoms with Crippen molar-refractivity contribution in [2.24, 2.45) is 0 Å². The van der Waals surface area contributed by atoms with E-state index in [1.165, 1.54) is 0 Å². The third-order valence-electron chi connectivity index (χ3n) is 0.419. The van der Waals surface area contributed by atoms with Crippen LogP contribution in [0, 0.1) is 0 Å². The second kappa shape index (κ2) is 3.90. The first-order valence-corrected chi connectivity index (χ1v) is 1.98. The van der Waals surface area contributed by atoms with Crippen molar-refractivity contribution < 1.29 is 9.53 Å². The van der Waals surface area contributed by atoms with Gasteiger partial charge in [0, 0.05) is 0 Å². The van der Waals surface area contributed by atoms with Gasteiger partial charge in [0.15, 0.2) is 0 Å². The Labute approximate surface area is 47.8 Å². The van der Waals surface area contributed by atoms with Gasteiger partial charge in [0.2, 0.25) is 0 Å². The second-order valence-electron chi connectivity index (χ2n) is 0.952. The molecule has 0 atom stereocenters. The lowest BCUT2D eigenvalue weighted by atomic mass is 10.6. The average molecular weight is 110 g/mol. The fourth-order valence-corrected chi connectivity index (χ4v) is 0.199. The number of carbonyl (C=O) groups excluding carboxylic acids is 1. The molecule has 0 aliphatic rings. The van der Waals surface area contributed by atoms with Crippen LogP contribution in [-0.4, -0.2) is 5.97 Å². The van der Waals surface area contributed by atoms with E-state index in [2.05, 4.69) is 23.6 Å². The van der Waals surface area contributed by atoms with Gasteiger partial charge in [-0.2, -0.15) is 0 Å². The minimum atomic E-state index is -0.505. The lowest BCUT2D eigenvalue weighted by molar-refractivity contribution is -0.132. The lowest BCUT2D eigenvalue weighted by Crippen LogP contribution is -1.90. The third-order valence-corrected chi connectivity index (χ3v) is 0.419. The quantitative estimate of drug-likeness (QED) is 0.229. The zero-order valence-electron chi connectivity index (χ0n) is 4.39. The molecular weight excluding hydrogens is 104 g/mol. The molecular formula is C6H6O2. The van der Waals surface area contributed by atoms with Crippen molar-refractivity contribution in [2.45, 2.75) is 0 Å². The first-order chi connectivity index (χ1) is 3.81. The summed E-state index contributed by atoms with van der Waals surface area (Å²) in [6.45, 7) is 6.34. The van der Waals surface area contributed by atoms with E-state index in [1.807, 2.05) is 0 Å². The van der Waals surface area contributed by atoms with Gasteiger partial charge in [0.1, 0.15) is 0 Å². The Morgan fingerprint density at radius 2 is 2.38 bits per heavy atom. The molecule has 0 aromatic heterocycles. The van der Waals surface area contributed by atoms with Gasteiger partial charge >= 0.3 is 5.97 Å². The molecule has 0 spiro atoms. The van der Waals surface area contributed by atoms with Crippen LogP contribution in [0.15, 0.2) is 31.2 Å². The van der Waals surface area contributed by atoms with Gasteiger partial charge in [0.25, 0.3) is 0 Å². The molecule has 0 aliphatic heterocycles. The predicted molar refractivity (Wildman–Crippen MR) is 30.0 cm³/mol. The topological polar surface area (TPSA) is 26.3 Å². The van der Waals surface area contributed by atoms with Crippen molar-refractivity contribution >= 4 is 5.97 Å². The largest absolute Gasteiger partial charge is 0.432 e. The molecule has 0 saturated carbocycles. The van der Waals surface area contributed by atoms with E-state index in [0.717, 1.165) is 12.3 Å². The van der Waals surface area contributed by atoms with Crippen LogP contribution in [0.5, 0.6) is 0 Å². The second-order valence-corrected chi connectivity index (χ2v) is 0.952. The van der Waals surface area contributed by atoms with Crippen molar-refractivity contribution in [1.82, 2.24) is 0 Å². The van der Waals surface area contributed by atoms with Crippen LogP contribution in [0.1, 0.15) is 0 Å². The van der Waals surface area contributed by atoms with E-state index in [1.54, 1.807) is 0 Å². The standard InChI is InChI=1S/C6H6O2/c1-3-5-6(7)8-4-2/h4-5H,1-2H2. The molecule has 42 valence electrons. The molecule has 0 aromatic rings. The molecule has 2 heteroatoms. The van der Waals surface area contributed by atoms with Crippen LogP contribution in [-0.2, 0) is 9.53 Å². The van der Waals surface area contributed by atoms with E-state index in [-0.39, 0.29) is 0 Å². The molecule has 0 amide bonds. The Balaban J connectivity index is 3.65. The normalized spacial score (nSPS) is 6.50. The van der Waals surface area contributed by atoms with Crippen molar-refractivity contribution in [3.05, 3.63) is 31.2 Å². The Morgan fingerprint density at radius 1 is 1.75 bits per heavy atom. The highest BCUT2D eigenvalue weighted by molar-refractivity contribution is 5.81. The van der Waals surface area contributed by atoms with E-state index < -0.39 is 5.97 Å². The van der Waals surface area contributed by atoms with Gasteiger partial charge in [0.05, 0.1) is 12.3 Å². The fraction of sp³-hybridized carbons (Fsp3) is 0. The minimum absolute atomic E-state index is 0.505. The zero-order chi connectivity index (χ0) is 6.41. The van der Waals surface area contributed by atoms with Crippen molar-refractivity contribution in [2.75, 3.05) is 0 Å². The van der Waals surface area contributed by atoms with Gasteiger partial charge in [-0.1, -0.05) is 13.2 Å². The van der Waals surface area contributed by atoms with E-state index >= 15 is 0 Å². The van der Waals surface area contributed by atoms with Crippen LogP contribution in [0.25, 0.3) is 0 Å². The van der Waals surface area contributed by atoms with E-state index in [0.29, 0.717) is 0 Å². The summed E-state index contributed by atoms with van der Waals surface area (Å²) in [5, 5.41) is 0. The van der Waals surface area contributed by atoms with Gasteiger partial charge in [-0.15, -0.1) is 5.73 Å². The maximum absolute atomic E-state index is 10.2. The summed E-state index contributed by atoms with van der Waals surface area (Å²) in [7, 11) is 0. The summed E-state index contributed by atoms with van der Waals surface area (Å²) in [6, 6.07) is 0. The summed E-state index contributed by atoms with van der Waals surface area (Å²) in [5.74, 6) is -0.505. The number of esters is 1. The van der Waals surface area contributed by atoms with Crippen LogP contribution in [0.4, 0.5) is 0 Å². The molecule has 0 bridgehead atoms. The molecule has 0 unspecified atom stereocenters. The van der Waals surface area contributed by atoms with Crippen molar-refractivity contribution in [3.8, 4) is 0 Å². The summed E-state index contributed by atoms with van der Waals surface area (Å²) in [5.41, 5.74) is 2.25. The van der Waals surface area contributed by atoms with Crippen LogP contribution in [0.3, 0.4) is 0 Å². The summed E-state index contributed by atoms with van der Waals surface area (Å²) in [6.07, 6.45) is 2.14. The Morgan fingerprint density at radius 3 is 2.75 bits per heavy atom. The van der Waals surface area contributed by atoms with E-state index in [9.17, 15) is 4.79 Å². The molecule has 0 saturated heterocycles. The van der Waals surface area contributed by atoms with Gasteiger partial charge in [-0.05, 0) is 0 Å². The maximum atomic E-state index is 10.2. The highest BCUT2D eigenvalue weighted by Crippen LogP contribution is 1.76. The van der Waals surface area contributed by atoms with Crippen LogP contribution >= 0.6 is 0 Å². The highest BCUT2D eigenvalue weighted by Gasteiger charge is 1.86. The molecule has 0 aromatic carbocycles. The van der Waals surface area contributed by atoms with Gasteiger partial charge in [-0.3, -0.25) is 0 Å². The molecule has 0 heterocycles. The lowest BCUT2D eigenvalue weighted by Gasteiger charge is -1.84. The minimum Gasteiger partial charge on any atom is -0.432 e. The fourth-order valence-electron chi connectivity index (χ4n) is 0.199. The zero-order valence-corrected chi connectivity index (χ0v) is 4.39. The first-order valence-electron chi connectivity index (χ1n) is 1.98. The van der Waals surface area contributed by atoms with Crippen molar-refractivity contribution in [3.63, 3.8) is 0 Å². The molecule has 0 aliphatic carbocycles. The SMILES string of the molecule is C=C=CC(=O)OC=C. The Hall–Kier alpha value is -1.27. The molecule has 8 heavy (non-hydrogen) atoms. The van der Waals surface area contributed by atoms with Crippen molar-refractivity contribution in [1.29, 1.82) is 0 Å². The first kappa shape index (κ1) is 6.73. The number of ether oxygens (including phenoxy) is 1. The van der Waals surface area contributed by atoms with E-state index in [4.69, 9.17) is 0 Å². The van der Waals surface area contributed by atoms with Gasteiger partial charge in [-0.25, -0.2) is 4.79 Å². The van der Waals surface area contributed by atoms with Gasteiger partial charge < -0.3 is 4.74 Å². The molecule has 0 N–H and O–H groups in total. The third kappa shape index (κ3) is 2.94. The summed E-state index contributed by atoms with van der Waals surface area (Å²) >= 11 is 0. The van der Waals surface area contributed by atoms with Crippen LogP contribution in [0.2, 0.25) is 0 Å². The molecule has 0 rings (SSSR count). The average Bonchev–Trinajstić information content (AvgIpc) is 1.68. The number of rotatable bonds is 2. The maximum Gasteiger partial charge on any atom is 0.343 e. The number of hydrogen-bond acceptors (Lipinski definition) is 2. The van der Waals surface area contributed by atoms with Crippen LogP contribution < -0.4 is 0 Å². The summed E-state index contributed by atoms with van der Waals surface area (Å²) in [4.78, 5) is 10.2. The Bertz CT molecular complexity index is 141. The summed E-state index contributed by atoms with van der Waals surface area (Å²) < 4.78 is 4.25. The number of hydrogen-bond donors (Lipinski definition) is 0. The number of carbonyl (C=O) groups is 1. The molecule has 2 nitrogen and oxygen atoms in total. The predicted octanol–water partition coefficient (Wildman–Crippen LogP) is 1.01. The Kier molecular flexibility index (Phi) is 3.28. The molecule has 0 fully saturated rings. The smallest absolute Gasteiger partial charge is 0.343 e. The monoisotopic (exact) mass is 110 g/mol. The highest BCUT2D eigenvalue weighted by atomic mass is 16.5. The molecule has 0 radical (unpaired) electrons.